The molecule has 9 atom stereocenters. The molecule has 4 fully saturated rings. The lowest BCUT2D eigenvalue weighted by Gasteiger charge is -2.62. The van der Waals surface area contributed by atoms with E-state index in [-0.39, 0.29) is 22.8 Å². The Labute approximate surface area is 176 Å². The van der Waals surface area contributed by atoms with Crippen molar-refractivity contribution in [3.05, 3.63) is 0 Å². The third-order valence-corrected chi connectivity index (χ3v) is 10.4. The highest BCUT2D eigenvalue weighted by Gasteiger charge is 2.62. The fraction of sp³-hybridized carbons (Fsp3) is 0.920. The van der Waals surface area contributed by atoms with Gasteiger partial charge in [-0.25, -0.2) is 0 Å². The van der Waals surface area contributed by atoms with Crippen LogP contribution in [0.25, 0.3) is 0 Å². The van der Waals surface area contributed by atoms with Crippen LogP contribution in [0.15, 0.2) is 0 Å². The van der Waals surface area contributed by atoms with Crippen LogP contribution in [0.1, 0.15) is 85.0 Å². The second-order valence-corrected chi connectivity index (χ2v) is 11.5. The molecule has 0 radical (unpaired) electrons. The fourth-order valence-corrected chi connectivity index (χ4v) is 8.67. The van der Waals surface area contributed by atoms with E-state index in [4.69, 9.17) is 0 Å². The van der Waals surface area contributed by atoms with Gasteiger partial charge < -0.3 is 10.4 Å². The van der Waals surface area contributed by atoms with Crippen LogP contribution in [0.5, 0.6) is 0 Å². The van der Waals surface area contributed by atoms with Crippen molar-refractivity contribution in [1.29, 1.82) is 0 Å². The van der Waals surface area contributed by atoms with Crippen LogP contribution in [0, 0.1) is 46.3 Å². The Morgan fingerprint density at radius 3 is 2.62 bits per heavy atom. The van der Waals surface area contributed by atoms with Gasteiger partial charge in [-0.3, -0.25) is 9.59 Å². The zero-order valence-electron chi connectivity index (χ0n) is 18.9. The van der Waals surface area contributed by atoms with Gasteiger partial charge in [0.1, 0.15) is 5.78 Å². The standard InChI is InChI=1S/C25H41NO3/c1-15(5-8-22(29)26-4)18-6-7-19-23-20(10-12-25(18,19)3)24(2)11-9-17(27)13-16(24)14-21(23)28/h15-16,18-21,23,28H,5-14H2,1-4H3,(H,26,29)/t15-,16?,18?,19?,20?,21-,23?,24+,25-/m1/s1. The lowest BCUT2D eigenvalue weighted by Crippen LogP contribution is -2.58. The number of nitrogens with one attached hydrogen (secondary N) is 1. The molecule has 1 amide bonds. The van der Waals surface area contributed by atoms with Gasteiger partial charge in [0.15, 0.2) is 0 Å². The molecule has 0 aliphatic heterocycles. The molecule has 2 N–H and O–H groups in total. The number of carbonyl (C=O) groups excluding carboxylic acids is 2. The van der Waals surface area contributed by atoms with Crippen LogP contribution in [0.3, 0.4) is 0 Å². The average molecular weight is 404 g/mol. The molecule has 4 saturated carbocycles. The molecule has 4 nitrogen and oxygen atoms in total. The third kappa shape index (κ3) is 3.38. The van der Waals surface area contributed by atoms with E-state index < -0.39 is 0 Å². The minimum Gasteiger partial charge on any atom is -0.393 e. The van der Waals surface area contributed by atoms with Crippen LogP contribution < -0.4 is 5.32 Å². The van der Waals surface area contributed by atoms with E-state index in [1.54, 1.807) is 7.05 Å². The molecule has 164 valence electrons. The van der Waals surface area contributed by atoms with Crippen molar-refractivity contribution in [2.24, 2.45) is 46.3 Å². The average Bonchev–Trinajstić information content (AvgIpc) is 3.04. The van der Waals surface area contributed by atoms with E-state index in [9.17, 15) is 14.7 Å². The van der Waals surface area contributed by atoms with Crippen LogP contribution in [0.2, 0.25) is 0 Å². The van der Waals surface area contributed by atoms with Gasteiger partial charge in [0, 0.05) is 26.3 Å². The summed E-state index contributed by atoms with van der Waals surface area (Å²) in [5.74, 6) is 3.71. The minimum absolute atomic E-state index is 0.147. The van der Waals surface area contributed by atoms with E-state index >= 15 is 0 Å². The molecule has 4 aliphatic rings. The molecule has 0 aromatic heterocycles. The number of hydrogen-bond acceptors (Lipinski definition) is 3. The van der Waals surface area contributed by atoms with E-state index in [0.29, 0.717) is 54.1 Å². The number of rotatable bonds is 4. The number of aliphatic hydroxyl groups excluding tert-OH is 1. The number of aliphatic hydroxyl groups is 1. The van der Waals surface area contributed by atoms with E-state index in [0.717, 1.165) is 25.7 Å². The summed E-state index contributed by atoms with van der Waals surface area (Å²) in [7, 11) is 1.72. The molecule has 0 saturated heterocycles. The summed E-state index contributed by atoms with van der Waals surface area (Å²) >= 11 is 0. The van der Waals surface area contributed by atoms with Gasteiger partial charge in [0.05, 0.1) is 6.10 Å². The zero-order chi connectivity index (χ0) is 21.0. The van der Waals surface area contributed by atoms with Gasteiger partial charge in [0.2, 0.25) is 5.91 Å². The van der Waals surface area contributed by atoms with Gasteiger partial charge in [-0.2, -0.15) is 0 Å². The fourth-order valence-electron chi connectivity index (χ4n) is 8.67. The summed E-state index contributed by atoms with van der Waals surface area (Å²) in [6.45, 7) is 7.27. The Bertz CT molecular complexity index is 662. The molecule has 4 aliphatic carbocycles. The maximum Gasteiger partial charge on any atom is 0.219 e. The normalized spacial score (nSPS) is 47.7. The van der Waals surface area contributed by atoms with Crippen molar-refractivity contribution in [3.63, 3.8) is 0 Å². The first-order chi connectivity index (χ1) is 13.7. The zero-order valence-corrected chi connectivity index (χ0v) is 18.9. The number of fused-ring (bicyclic) bond motifs is 5. The number of Topliss-reactive ketones (excluding diaryl/α,β-unsaturated/α-hetero) is 1. The van der Waals surface area contributed by atoms with Crippen molar-refractivity contribution in [2.45, 2.75) is 91.1 Å². The van der Waals surface area contributed by atoms with Crippen molar-refractivity contribution in [2.75, 3.05) is 7.05 Å². The maximum atomic E-state index is 12.1. The first-order valence-electron chi connectivity index (χ1n) is 12.1. The van der Waals surface area contributed by atoms with Crippen molar-refractivity contribution < 1.29 is 14.7 Å². The molecule has 0 aromatic carbocycles. The smallest absolute Gasteiger partial charge is 0.219 e. The predicted octanol–water partition coefficient (Wildman–Crippen LogP) is 4.35. The minimum atomic E-state index is -0.242. The van der Waals surface area contributed by atoms with E-state index in [2.05, 4.69) is 26.1 Å². The van der Waals surface area contributed by atoms with Crippen LogP contribution >= 0.6 is 0 Å². The molecule has 0 aromatic rings. The highest BCUT2D eigenvalue weighted by Crippen LogP contribution is 2.68. The number of amides is 1. The Morgan fingerprint density at radius 2 is 1.90 bits per heavy atom. The second-order valence-electron chi connectivity index (χ2n) is 11.5. The summed E-state index contributed by atoms with van der Waals surface area (Å²) in [5.41, 5.74) is 0.528. The van der Waals surface area contributed by atoms with Crippen LogP contribution in [-0.2, 0) is 9.59 Å². The Kier molecular flexibility index (Phi) is 5.63. The maximum absolute atomic E-state index is 12.1. The lowest BCUT2D eigenvalue weighted by molar-refractivity contribution is -0.168. The third-order valence-electron chi connectivity index (χ3n) is 10.4. The summed E-state index contributed by atoms with van der Waals surface area (Å²) in [5, 5.41) is 14.0. The van der Waals surface area contributed by atoms with Crippen LogP contribution in [-0.4, -0.2) is 29.9 Å². The molecule has 0 bridgehead atoms. The number of ketones is 1. The molecule has 0 spiro atoms. The largest absolute Gasteiger partial charge is 0.393 e. The summed E-state index contributed by atoms with van der Waals surface area (Å²) < 4.78 is 0. The molecule has 29 heavy (non-hydrogen) atoms. The van der Waals surface area contributed by atoms with Crippen molar-refractivity contribution in [3.8, 4) is 0 Å². The first kappa shape index (κ1) is 21.3. The quantitative estimate of drug-likeness (QED) is 0.733. The predicted molar refractivity (Wildman–Crippen MR) is 114 cm³/mol. The monoisotopic (exact) mass is 403 g/mol. The van der Waals surface area contributed by atoms with Gasteiger partial charge in [-0.15, -0.1) is 0 Å². The van der Waals surface area contributed by atoms with Gasteiger partial charge in [-0.05, 0) is 91.3 Å². The Morgan fingerprint density at radius 1 is 1.17 bits per heavy atom. The van der Waals surface area contributed by atoms with Gasteiger partial charge >= 0.3 is 0 Å². The highest BCUT2D eigenvalue weighted by molar-refractivity contribution is 5.79. The summed E-state index contributed by atoms with van der Waals surface area (Å²) in [4.78, 5) is 23.8. The Hall–Kier alpha value is -0.900. The number of carbonyl (C=O) groups is 2. The van der Waals surface area contributed by atoms with Crippen molar-refractivity contribution >= 4 is 11.7 Å². The summed E-state index contributed by atoms with van der Waals surface area (Å²) in [6, 6.07) is 0. The van der Waals surface area contributed by atoms with E-state index in [1.165, 1.54) is 25.7 Å². The topological polar surface area (TPSA) is 66.4 Å². The lowest BCUT2D eigenvalue weighted by atomic mass is 9.44. The Balaban J connectivity index is 1.53. The van der Waals surface area contributed by atoms with E-state index in [1.807, 2.05) is 0 Å². The van der Waals surface area contributed by atoms with Crippen molar-refractivity contribution in [1.82, 2.24) is 5.32 Å². The van der Waals surface area contributed by atoms with Crippen LogP contribution in [0.4, 0.5) is 0 Å². The van der Waals surface area contributed by atoms with Gasteiger partial charge in [-0.1, -0.05) is 20.8 Å². The number of hydrogen-bond donors (Lipinski definition) is 2. The molecule has 5 unspecified atom stereocenters. The molecule has 4 rings (SSSR count). The molecule has 4 heteroatoms. The molecular weight excluding hydrogens is 362 g/mol. The first-order valence-corrected chi connectivity index (χ1v) is 12.1. The molecule has 0 heterocycles. The SMILES string of the molecule is CNC(=O)CC[C@@H](C)C1CCC2C3C(CC[C@@]21C)[C@@]1(C)CCC(=O)CC1C[C@H]3O. The highest BCUT2D eigenvalue weighted by atomic mass is 16.3. The second kappa shape index (κ2) is 7.66. The summed E-state index contributed by atoms with van der Waals surface area (Å²) in [6.07, 6.45) is 9.55. The van der Waals surface area contributed by atoms with Gasteiger partial charge in [0.25, 0.3) is 0 Å². The molecular formula is C25H41NO3.